The van der Waals surface area contributed by atoms with Gasteiger partial charge in [-0.1, -0.05) is 12.1 Å². The average molecular weight is 375 g/mol. The monoisotopic (exact) mass is 375 g/mol. The van der Waals surface area contributed by atoms with Crippen LogP contribution in [0.3, 0.4) is 0 Å². The zero-order valence-electron chi connectivity index (χ0n) is 14.2. The summed E-state index contributed by atoms with van der Waals surface area (Å²) in [7, 11) is 0. The standard InChI is InChI=1S/C18H16F3N5O/c19-18(20,21)16-9-15(11-5-6-11)26(25-16)8-7-22-17(27)14-10-23-12-3-1-2-4-13(12)24-14/h1-4,9-11H,5-8H2,(H,22,27). The van der Waals surface area contributed by atoms with Crippen molar-refractivity contribution in [1.82, 2.24) is 25.1 Å². The van der Waals surface area contributed by atoms with E-state index in [2.05, 4.69) is 20.4 Å². The Morgan fingerprint density at radius 2 is 1.96 bits per heavy atom. The summed E-state index contributed by atoms with van der Waals surface area (Å²) in [6.45, 7) is 0.306. The minimum Gasteiger partial charge on any atom is -0.349 e. The summed E-state index contributed by atoms with van der Waals surface area (Å²) in [5.74, 6) is -0.305. The Kier molecular flexibility index (Phi) is 4.29. The number of alkyl halides is 3. The maximum atomic E-state index is 12.9. The fourth-order valence-corrected chi connectivity index (χ4v) is 2.89. The SMILES string of the molecule is O=C(NCCn1nc(C(F)(F)F)cc1C1CC1)c1cnc2ccccc2n1. The van der Waals surface area contributed by atoms with E-state index < -0.39 is 17.8 Å². The first-order chi connectivity index (χ1) is 12.9. The van der Waals surface area contributed by atoms with Crippen molar-refractivity contribution in [3.63, 3.8) is 0 Å². The third-order valence-electron chi connectivity index (χ3n) is 4.39. The number of aromatic nitrogens is 4. The zero-order valence-corrected chi connectivity index (χ0v) is 14.2. The summed E-state index contributed by atoms with van der Waals surface area (Å²) in [6.07, 6.45) is -1.37. The van der Waals surface area contributed by atoms with Gasteiger partial charge in [0.1, 0.15) is 5.69 Å². The van der Waals surface area contributed by atoms with Crippen LogP contribution in [0.4, 0.5) is 13.2 Å². The Balaban J connectivity index is 1.43. The van der Waals surface area contributed by atoms with Crippen LogP contribution >= 0.6 is 0 Å². The highest BCUT2D eigenvalue weighted by molar-refractivity contribution is 5.93. The lowest BCUT2D eigenvalue weighted by atomic mass is 10.2. The van der Waals surface area contributed by atoms with Crippen LogP contribution in [0.5, 0.6) is 0 Å². The van der Waals surface area contributed by atoms with E-state index in [4.69, 9.17) is 0 Å². The first-order valence-electron chi connectivity index (χ1n) is 8.57. The number of carbonyl (C=O) groups excluding carboxylic acids is 1. The van der Waals surface area contributed by atoms with Crippen LogP contribution < -0.4 is 5.32 Å². The van der Waals surface area contributed by atoms with Gasteiger partial charge >= 0.3 is 6.18 Å². The molecule has 1 fully saturated rings. The fraction of sp³-hybridized carbons (Fsp3) is 0.333. The molecule has 0 radical (unpaired) electrons. The molecule has 1 N–H and O–H groups in total. The number of amides is 1. The molecule has 0 saturated heterocycles. The maximum Gasteiger partial charge on any atom is 0.435 e. The largest absolute Gasteiger partial charge is 0.435 e. The third kappa shape index (κ3) is 3.76. The molecule has 1 saturated carbocycles. The molecule has 2 aromatic heterocycles. The maximum absolute atomic E-state index is 12.9. The summed E-state index contributed by atoms with van der Waals surface area (Å²) < 4.78 is 40.1. The highest BCUT2D eigenvalue weighted by Gasteiger charge is 2.37. The second kappa shape index (κ2) is 6.64. The Morgan fingerprint density at radius 1 is 1.22 bits per heavy atom. The van der Waals surface area contributed by atoms with Crippen molar-refractivity contribution < 1.29 is 18.0 Å². The molecule has 0 aliphatic heterocycles. The van der Waals surface area contributed by atoms with E-state index in [0.29, 0.717) is 16.7 Å². The number of carbonyl (C=O) groups is 1. The number of nitrogens with zero attached hydrogens (tertiary/aromatic N) is 4. The van der Waals surface area contributed by atoms with Gasteiger partial charge in [-0.15, -0.1) is 0 Å². The van der Waals surface area contributed by atoms with E-state index in [1.54, 1.807) is 18.2 Å². The molecular formula is C18H16F3N5O. The predicted octanol–water partition coefficient (Wildman–Crippen LogP) is 3.15. The van der Waals surface area contributed by atoms with Crippen molar-refractivity contribution in [3.8, 4) is 0 Å². The third-order valence-corrected chi connectivity index (χ3v) is 4.39. The summed E-state index contributed by atoms with van der Waals surface area (Å²) >= 11 is 0. The van der Waals surface area contributed by atoms with Crippen molar-refractivity contribution in [2.24, 2.45) is 0 Å². The summed E-state index contributed by atoms with van der Waals surface area (Å²) in [4.78, 5) is 20.7. The first-order valence-corrected chi connectivity index (χ1v) is 8.57. The second-order valence-corrected chi connectivity index (χ2v) is 6.45. The molecular weight excluding hydrogens is 359 g/mol. The topological polar surface area (TPSA) is 72.7 Å². The molecule has 4 rings (SSSR count). The van der Waals surface area contributed by atoms with Gasteiger partial charge < -0.3 is 5.32 Å². The number of fused-ring (bicyclic) bond motifs is 1. The van der Waals surface area contributed by atoms with E-state index in [1.807, 2.05) is 6.07 Å². The normalized spacial score (nSPS) is 14.5. The van der Waals surface area contributed by atoms with Gasteiger partial charge in [0.2, 0.25) is 0 Å². The van der Waals surface area contributed by atoms with Gasteiger partial charge in [-0.05, 0) is 31.0 Å². The fourth-order valence-electron chi connectivity index (χ4n) is 2.89. The number of nitrogens with one attached hydrogen (secondary N) is 1. The molecule has 3 aromatic rings. The number of para-hydroxylation sites is 2. The number of rotatable bonds is 5. The number of hydrogen-bond donors (Lipinski definition) is 1. The summed E-state index contributed by atoms with van der Waals surface area (Å²) in [5.41, 5.74) is 1.12. The molecule has 1 aliphatic carbocycles. The van der Waals surface area contributed by atoms with Crippen LogP contribution in [0.2, 0.25) is 0 Å². The minimum absolute atomic E-state index is 0.121. The Bertz CT molecular complexity index is 994. The van der Waals surface area contributed by atoms with E-state index in [9.17, 15) is 18.0 Å². The van der Waals surface area contributed by atoms with E-state index >= 15 is 0 Å². The molecule has 2 heterocycles. The Labute approximate surface area is 152 Å². The molecule has 1 aromatic carbocycles. The average Bonchev–Trinajstić information content (AvgIpc) is 3.40. The first kappa shape index (κ1) is 17.4. The minimum atomic E-state index is -4.47. The van der Waals surface area contributed by atoms with Gasteiger partial charge in [-0.2, -0.15) is 18.3 Å². The molecule has 1 amide bonds. The van der Waals surface area contributed by atoms with Crippen LogP contribution in [0.1, 0.15) is 40.6 Å². The van der Waals surface area contributed by atoms with Crippen molar-refractivity contribution >= 4 is 16.9 Å². The Morgan fingerprint density at radius 3 is 2.67 bits per heavy atom. The quantitative estimate of drug-likeness (QED) is 0.744. The molecule has 0 spiro atoms. The van der Waals surface area contributed by atoms with Crippen LogP contribution in [-0.4, -0.2) is 32.2 Å². The van der Waals surface area contributed by atoms with Gasteiger partial charge in [0.15, 0.2) is 5.69 Å². The summed E-state index contributed by atoms with van der Waals surface area (Å²) in [5, 5.41) is 6.33. The van der Waals surface area contributed by atoms with Crippen molar-refractivity contribution in [2.75, 3.05) is 6.54 Å². The predicted molar refractivity (Wildman–Crippen MR) is 91.1 cm³/mol. The summed E-state index contributed by atoms with van der Waals surface area (Å²) in [6, 6.07) is 8.28. The molecule has 140 valence electrons. The lowest BCUT2D eigenvalue weighted by Crippen LogP contribution is -2.28. The smallest absolute Gasteiger partial charge is 0.349 e. The lowest BCUT2D eigenvalue weighted by Gasteiger charge is -2.08. The molecule has 27 heavy (non-hydrogen) atoms. The van der Waals surface area contributed by atoms with Crippen LogP contribution in [0.15, 0.2) is 36.5 Å². The second-order valence-electron chi connectivity index (χ2n) is 6.45. The van der Waals surface area contributed by atoms with Crippen molar-refractivity contribution in [3.05, 3.63) is 53.6 Å². The van der Waals surface area contributed by atoms with Crippen LogP contribution in [0.25, 0.3) is 11.0 Å². The van der Waals surface area contributed by atoms with Gasteiger partial charge in [0.25, 0.3) is 5.91 Å². The molecule has 0 unspecified atom stereocenters. The number of hydrogen-bond acceptors (Lipinski definition) is 4. The van der Waals surface area contributed by atoms with E-state index in [0.717, 1.165) is 18.9 Å². The van der Waals surface area contributed by atoms with Gasteiger partial charge in [-0.25, -0.2) is 4.98 Å². The van der Waals surface area contributed by atoms with E-state index in [-0.39, 0.29) is 24.7 Å². The van der Waals surface area contributed by atoms with Gasteiger partial charge in [0, 0.05) is 18.2 Å². The van der Waals surface area contributed by atoms with Crippen molar-refractivity contribution in [1.29, 1.82) is 0 Å². The van der Waals surface area contributed by atoms with Gasteiger partial charge in [0.05, 0.1) is 23.8 Å². The van der Waals surface area contributed by atoms with Gasteiger partial charge in [-0.3, -0.25) is 14.5 Å². The Hall–Kier alpha value is -2.97. The zero-order chi connectivity index (χ0) is 19.0. The number of halogens is 3. The lowest BCUT2D eigenvalue weighted by molar-refractivity contribution is -0.141. The van der Waals surface area contributed by atoms with Crippen molar-refractivity contribution in [2.45, 2.75) is 31.5 Å². The molecule has 1 aliphatic rings. The molecule has 6 nitrogen and oxygen atoms in total. The number of benzene rings is 1. The van der Waals surface area contributed by atoms with Crippen LogP contribution in [-0.2, 0) is 12.7 Å². The molecule has 0 atom stereocenters. The highest BCUT2D eigenvalue weighted by Crippen LogP contribution is 2.42. The van der Waals surface area contributed by atoms with E-state index in [1.165, 1.54) is 10.9 Å². The molecule has 0 bridgehead atoms. The van der Waals surface area contributed by atoms with Crippen LogP contribution in [0, 0.1) is 0 Å². The molecule has 9 heteroatoms. The highest BCUT2D eigenvalue weighted by atomic mass is 19.4.